The number of primary sulfonamides is 1. The van der Waals surface area contributed by atoms with Crippen molar-refractivity contribution in [3.8, 4) is 39.4 Å². The van der Waals surface area contributed by atoms with Crippen LogP contribution in [0.3, 0.4) is 0 Å². The van der Waals surface area contributed by atoms with Gasteiger partial charge < -0.3 is 5.73 Å². The molecule has 0 heterocycles. The average Bonchev–Trinajstić information content (AvgIpc) is 2.83. The van der Waals surface area contributed by atoms with E-state index in [-0.39, 0.29) is 4.90 Å². The van der Waals surface area contributed by atoms with Gasteiger partial charge in [-0.2, -0.15) is 5.26 Å². The van der Waals surface area contributed by atoms with Crippen molar-refractivity contribution >= 4 is 15.9 Å². The number of sulfonamides is 1. The number of rotatable bonds is 5. The van der Waals surface area contributed by atoms with E-state index in [4.69, 9.17) is 16.1 Å². The lowest BCUT2D eigenvalue weighted by Gasteiger charge is -2.15. The highest BCUT2D eigenvalue weighted by Gasteiger charge is 2.17. The van der Waals surface area contributed by atoms with Gasteiger partial charge in [-0.3, -0.25) is 4.79 Å². The molecular weight excluding hydrogens is 434 g/mol. The Morgan fingerprint density at radius 2 is 1.27 bits per heavy atom. The molecule has 0 aliphatic rings. The second-order valence-corrected chi connectivity index (χ2v) is 8.93. The van der Waals surface area contributed by atoms with Crippen molar-refractivity contribution < 1.29 is 13.2 Å². The van der Waals surface area contributed by atoms with Crippen molar-refractivity contribution in [2.75, 3.05) is 0 Å². The smallest absolute Gasteiger partial charge is 0.249 e. The maximum atomic E-state index is 12.2. The summed E-state index contributed by atoms with van der Waals surface area (Å²) < 4.78 is 24.0. The van der Waals surface area contributed by atoms with Crippen LogP contribution >= 0.6 is 0 Å². The Balaban J connectivity index is 1.85. The molecule has 0 atom stereocenters. The molecule has 0 saturated heterocycles. The van der Waals surface area contributed by atoms with E-state index < -0.39 is 15.9 Å². The van der Waals surface area contributed by atoms with Crippen LogP contribution < -0.4 is 10.9 Å². The minimum Gasteiger partial charge on any atom is -0.366 e. The first-order valence-electron chi connectivity index (χ1n) is 9.95. The average molecular weight is 454 g/mol. The van der Waals surface area contributed by atoms with Gasteiger partial charge in [-0.15, -0.1) is 0 Å². The molecule has 0 aliphatic carbocycles. The lowest BCUT2D eigenvalue weighted by atomic mass is 9.89. The third kappa shape index (κ3) is 4.39. The van der Waals surface area contributed by atoms with Crippen LogP contribution in [-0.2, 0) is 10.0 Å². The molecule has 162 valence electrons. The van der Waals surface area contributed by atoms with E-state index >= 15 is 0 Å². The number of nitrogens with two attached hydrogens (primary N) is 2. The van der Waals surface area contributed by atoms with Gasteiger partial charge >= 0.3 is 0 Å². The molecular formula is C26H19N3O3S. The van der Waals surface area contributed by atoms with E-state index in [1.165, 1.54) is 6.07 Å². The van der Waals surface area contributed by atoms with Gasteiger partial charge in [0.05, 0.1) is 16.5 Å². The summed E-state index contributed by atoms with van der Waals surface area (Å²) in [6, 6.07) is 28.2. The van der Waals surface area contributed by atoms with E-state index in [0.29, 0.717) is 27.8 Å². The molecule has 6 nitrogen and oxygen atoms in total. The van der Waals surface area contributed by atoms with Gasteiger partial charge in [-0.05, 0) is 46.5 Å². The highest BCUT2D eigenvalue weighted by molar-refractivity contribution is 7.89. The first-order valence-corrected chi connectivity index (χ1v) is 11.5. The number of amides is 1. The summed E-state index contributed by atoms with van der Waals surface area (Å²) in [5.41, 5.74) is 10.7. The first kappa shape index (κ1) is 22.0. The molecule has 0 radical (unpaired) electrons. The van der Waals surface area contributed by atoms with E-state index in [1.54, 1.807) is 66.7 Å². The van der Waals surface area contributed by atoms with E-state index in [0.717, 1.165) is 16.7 Å². The van der Waals surface area contributed by atoms with Gasteiger partial charge in [-0.25, -0.2) is 13.6 Å². The molecule has 4 N–H and O–H groups in total. The van der Waals surface area contributed by atoms with Gasteiger partial charge in [-0.1, -0.05) is 66.7 Å². The third-order valence-corrected chi connectivity index (χ3v) is 6.30. The number of benzene rings is 4. The van der Waals surface area contributed by atoms with Crippen LogP contribution in [0.1, 0.15) is 15.9 Å². The van der Waals surface area contributed by atoms with Crippen molar-refractivity contribution in [2.24, 2.45) is 10.9 Å². The summed E-state index contributed by atoms with van der Waals surface area (Å²) in [5.74, 6) is -0.560. The van der Waals surface area contributed by atoms with Crippen molar-refractivity contribution in [3.63, 3.8) is 0 Å². The van der Waals surface area contributed by atoms with Crippen LogP contribution in [0.25, 0.3) is 33.4 Å². The van der Waals surface area contributed by atoms with Gasteiger partial charge in [0.15, 0.2) is 0 Å². The number of carbonyl (C=O) groups is 1. The Morgan fingerprint density at radius 3 is 1.85 bits per heavy atom. The Morgan fingerprint density at radius 1 is 0.727 bits per heavy atom. The van der Waals surface area contributed by atoms with Crippen LogP contribution in [0.5, 0.6) is 0 Å². The van der Waals surface area contributed by atoms with Gasteiger partial charge in [0.2, 0.25) is 15.9 Å². The van der Waals surface area contributed by atoms with Gasteiger partial charge in [0.1, 0.15) is 0 Å². The summed E-state index contributed by atoms with van der Waals surface area (Å²) in [4.78, 5) is 12.2. The number of hydrogen-bond donors (Lipinski definition) is 2. The van der Waals surface area contributed by atoms with Crippen molar-refractivity contribution in [3.05, 3.63) is 102 Å². The van der Waals surface area contributed by atoms with Crippen molar-refractivity contribution in [1.82, 2.24) is 0 Å². The minimum atomic E-state index is -3.88. The number of hydrogen-bond acceptors (Lipinski definition) is 4. The molecule has 0 aromatic heterocycles. The molecule has 0 spiro atoms. The molecule has 4 aromatic carbocycles. The Labute approximate surface area is 191 Å². The van der Waals surface area contributed by atoms with Gasteiger partial charge in [0, 0.05) is 16.7 Å². The normalized spacial score (nSPS) is 11.0. The summed E-state index contributed by atoms with van der Waals surface area (Å²) in [7, 11) is -3.88. The molecule has 0 saturated carbocycles. The maximum absolute atomic E-state index is 12.2. The summed E-state index contributed by atoms with van der Waals surface area (Å²) in [6.45, 7) is 0. The van der Waals surface area contributed by atoms with E-state index in [1.807, 2.05) is 18.2 Å². The molecule has 1 amide bonds. The lowest BCUT2D eigenvalue weighted by Crippen LogP contribution is -2.13. The van der Waals surface area contributed by atoms with Crippen LogP contribution in [-0.4, -0.2) is 14.3 Å². The maximum Gasteiger partial charge on any atom is 0.249 e. The molecule has 33 heavy (non-hydrogen) atoms. The fraction of sp³-hybridized carbons (Fsp3) is 0. The summed E-state index contributed by atoms with van der Waals surface area (Å²) in [5, 5.41) is 14.5. The Hall–Kier alpha value is -4.25. The number of nitrogens with zero attached hydrogens (tertiary/aromatic N) is 1. The summed E-state index contributed by atoms with van der Waals surface area (Å²) >= 11 is 0. The molecule has 4 rings (SSSR count). The zero-order valence-electron chi connectivity index (χ0n) is 17.4. The molecule has 0 bridgehead atoms. The standard InChI is InChI=1S/C26H19N3O3S/c27-16-17-8-10-20(11-9-17)25-22(5-3-6-23(25)26(28)30)19-14-12-18(13-15-19)21-4-1-2-7-24(21)33(29,31)32/h1-15H,(H2,28,30)(H2,29,31,32). The fourth-order valence-electron chi connectivity index (χ4n) is 3.80. The predicted octanol–water partition coefficient (Wildman–Crippen LogP) is 4.31. The minimum absolute atomic E-state index is 0.0479. The quantitative estimate of drug-likeness (QED) is 0.467. The Kier molecular flexibility index (Phi) is 5.80. The molecule has 0 fully saturated rings. The molecule has 7 heteroatoms. The predicted molar refractivity (Wildman–Crippen MR) is 127 cm³/mol. The van der Waals surface area contributed by atoms with E-state index in [2.05, 4.69) is 6.07 Å². The zero-order valence-corrected chi connectivity index (χ0v) is 18.2. The molecule has 0 unspecified atom stereocenters. The monoisotopic (exact) mass is 453 g/mol. The van der Waals surface area contributed by atoms with Crippen LogP contribution in [0, 0.1) is 11.3 Å². The molecule has 0 aliphatic heterocycles. The van der Waals surface area contributed by atoms with E-state index in [9.17, 15) is 13.2 Å². The van der Waals surface area contributed by atoms with Crippen molar-refractivity contribution in [1.29, 1.82) is 5.26 Å². The number of carbonyl (C=O) groups excluding carboxylic acids is 1. The van der Waals surface area contributed by atoms with Crippen LogP contribution in [0.15, 0.2) is 95.9 Å². The van der Waals surface area contributed by atoms with Crippen molar-refractivity contribution in [2.45, 2.75) is 4.90 Å². The zero-order chi connectivity index (χ0) is 23.6. The lowest BCUT2D eigenvalue weighted by molar-refractivity contribution is 0.100. The number of primary amides is 1. The first-order chi connectivity index (χ1) is 15.8. The molecule has 4 aromatic rings. The highest BCUT2D eigenvalue weighted by atomic mass is 32.2. The summed E-state index contributed by atoms with van der Waals surface area (Å²) in [6.07, 6.45) is 0. The SMILES string of the molecule is N#Cc1ccc(-c2c(C(N)=O)cccc2-c2ccc(-c3ccccc3S(N)(=O)=O)cc2)cc1. The topological polar surface area (TPSA) is 127 Å². The second kappa shape index (κ2) is 8.71. The third-order valence-electron chi connectivity index (χ3n) is 5.33. The Bertz CT molecular complexity index is 1500. The van der Waals surface area contributed by atoms with Crippen LogP contribution in [0.2, 0.25) is 0 Å². The fourth-order valence-corrected chi connectivity index (χ4v) is 4.56. The number of nitriles is 1. The van der Waals surface area contributed by atoms with Crippen LogP contribution in [0.4, 0.5) is 0 Å². The van der Waals surface area contributed by atoms with Gasteiger partial charge in [0.25, 0.3) is 0 Å². The second-order valence-electron chi connectivity index (χ2n) is 7.40. The highest BCUT2D eigenvalue weighted by Crippen LogP contribution is 2.36. The largest absolute Gasteiger partial charge is 0.366 e.